The molecule has 1 heterocycles. The summed E-state index contributed by atoms with van der Waals surface area (Å²) in [6.45, 7) is 7.26. The molecule has 22 heavy (non-hydrogen) atoms. The molecule has 7 nitrogen and oxygen atoms in total. The van der Waals surface area contributed by atoms with Crippen LogP contribution in [0.5, 0.6) is 0 Å². The lowest BCUT2D eigenvalue weighted by molar-refractivity contribution is 0.0188. The van der Waals surface area contributed by atoms with Crippen LogP contribution in [0.1, 0.15) is 46.5 Å². The van der Waals surface area contributed by atoms with Gasteiger partial charge in [0.1, 0.15) is 5.60 Å². The van der Waals surface area contributed by atoms with Crippen LogP contribution in [0.25, 0.3) is 10.4 Å². The molecular formula is C15H28N4O3. The SMILES string of the molecule is CN(C(=O)OC(C)(C)C)[C@H](CN=[N+]=[N-])C[C@H]1CCCCOC1. The Morgan fingerprint density at radius 2 is 2.23 bits per heavy atom. The van der Waals surface area contributed by atoms with Gasteiger partial charge in [0.2, 0.25) is 0 Å². The molecule has 1 amide bonds. The molecular weight excluding hydrogens is 284 g/mol. The minimum Gasteiger partial charge on any atom is -0.444 e. The van der Waals surface area contributed by atoms with E-state index >= 15 is 0 Å². The second kappa shape index (κ2) is 8.86. The van der Waals surface area contributed by atoms with Gasteiger partial charge in [0.15, 0.2) is 0 Å². The molecule has 1 fully saturated rings. The molecule has 0 aromatic carbocycles. The third-order valence-electron chi connectivity index (χ3n) is 3.69. The van der Waals surface area contributed by atoms with E-state index in [1.165, 1.54) is 0 Å². The van der Waals surface area contributed by atoms with E-state index in [9.17, 15) is 4.79 Å². The van der Waals surface area contributed by atoms with Gasteiger partial charge in [0.25, 0.3) is 0 Å². The van der Waals surface area contributed by atoms with Crippen LogP contribution in [0.2, 0.25) is 0 Å². The molecule has 1 aliphatic heterocycles. The first-order valence-electron chi connectivity index (χ1n) is 7.88. The molecule has 0 unspecified atom stereocenters. The smallest absolute Gasteiger partial charge is 0.410 e. The van der Waals surface area contributed by atoms with Gasteiger partial charge in [-0.05, 0) is 51.5 Å². The normalized spacial score (nSPS) is 20.5. The quantitative estimate of drug-likeness (QED) is 0.440. The standard InChI is InChI=1S/C15H28N4O3/c1-15(2,3)22-14(20)19(4)13(10-17-18-16)9-12-7-5-6-8-21-11-12/h12-13H,5-11H2,1-4H3/t12-,13+/m1/s1. The number of carbonyl (C=O) groups is 1. The van der Waals surface area contributed by atoms with E-state index in [0.29, 0.717) is 12.5 Å². The lowest BCUT2D eigenvalue weighted by Crippen LogP contribution is -2.43. The van der Waals surface area contributed by atoms with Crippen molar-refractivity contribution in [3.8, 4) is 0 Å². The van der Waals surface area contributed by atoms with Crippen LogP contribution >= 0.6 is 0 Å². The molecule has 2 atom stereocenters. The number of rotatable bonds is 5. The Morgan fingerprint density at radius 1 is 1.50 bits per heavy atom. The van der Waals surface area contributed by atoms with Gasteiger partial charge in [-0.15, -0.1) is 0 Å². The number of carbonyl (C=O) groups excluding carboxylic acids is 1. The first-order valence-corrected chi connectivity index (χ1v) is 7.88. The Morgan fingerprint density at radius 3 is 2.86 bits per heavy atom. The van der Waals surface area contributed by atoms with Gasteiger partial charge < -0.3 is 14.4 Å². The van der Waals surface area contributed by atoms with Crippen molar-refractivity contribution >= 4 is 6.09 Å². The van der Waals surface area contributed by atoms with Gasteiger partial charge in [-0.25, -0.2) is 4.79 Å². The van der Waals surface area contributed by atoms with Crippen molar-refractivity contribution in [1.29, 1.82) is 0 Å². The summed E-state index contributed by atoms with van der Waals surface area (Å²) in [7, 11) is 1.70. The Bertz CT molecular complexity index is 394. The predicted molar refractivity (Wildman–Crippen MR) is 84.6 cm³/mol. The van der Waals surface area contributed by atoms with Crippen LogP contribution in [0.15, 0.2) is 5.11 Å². The summed E-state index contributed by atoms with van der Waals surface area (Å²) < 4.78 is 11.0. The number of amides is 1. The Kier molecular flexibility index (Phi) is 7.48. The second-order valence-electron chi connectivity index (χ2n) is 6.83. The van der Waals surface area contributed by atoms with Crippen molar-refractivity contribution in [1.82, 2.24) is 4.90 Å². The molecule has 1 saturated heterocycles. The van der Waals surface area contributed by atoms with Crippen LogP contribution in [0.4, 0.5) is 4.79 Å². The summed E-state index contributed by atoms with van der Waals surface area (Å²) in [5.41, 5.74) is 8.03. The van der Waals surface area contributed by atoms with Crippen molar-refractivity contribution in [2.45, 2.75) is 58.1 Å². The van der Waals surface area contributed by atoms with Crippen LogP contribution in [-0.4, -0.2) is 49.4 Å². The molecule has 7 heteroatoms. The largest absolute Gasteiger partial charge is 0.444 e. The summed E-state index contributed by atoms with van der Waals surface area (Å²) in [5, 5.41) is 3.65. The highest BCUT2D eigenvalue weighted by Crippen LogP contribution is 2.22. The minimum atomic E-state index is -0.542. The van der Waals surface area contributed by atoms with E-state index < -0.39 is 5.60 Å². The number of nitrogens with zero attached hydrogens (tertiary/aromatic N) is 4. The molecule has 0 radical (unpaired) electrons. The van der Waals surface area contributed by atoms with Gasteiger partial charge >= 0.3 is 6.09 Å². The Balaban J connectivity index is 2.68. The van der Waals surface area contributed by atoms with Gasteiger partial charge in [-0.3, -0.25) is 0 Å². The maximum Gasteiger partial charge on any atom is 0.410 e. The molecule has 0 N–H and O–H groups in total. The molecule has 0 aromatic heterocycles. The third-order valence-corrected chi connectivity index (χ3v) is 3.69. The highest BCUT2D eigenvalue weighted by atomic mass is 16.6. The second-order valence-corrected chi connectivity index (χ2v) is 6.83. The summed E-state index contributed by atoms with van der Waals surface area (Å²) in [5.74, 6) is 0.381. The number of ether oxygens (including phenoxy) is 2. The van der Waals surface area contributed by atoms with E-state index in [-0.39, 0.29) is 18.7 Å². The van der Waals surface area contributed by atoms with E-state index in [1.807, 2.05) is 20.8 Å². The number of likely N-dealkylation sites (N-methyl/N-ethyl adjacent to an activating group) is 1. The lowest BCUT2D eigenvalue weighted by atomic mass is 9.95. The lowest BCUT2D eigenvalue weighted by Gasteiger charge is -2.31. The van der Waals surface area contributed by atoms with E-state index in [4.69, 9.17) is 15.0 Å². The molecule has 0 aliphatic carbocycles. The first-order chi connectivity index (χ1) is 10.3. The minimum absolute atomic E-state index is 0.169. The van der Waals surface area contributed by atoms with Crippen LogP contribution in [0, 0.1) is 5.92 Å². The zero-order valence-corrected chi connectivity index (χ0v) is 14.1. The fourth-order valence-electron chi connectivity index (χ4n) is 2.51. The summed E-state index contributed by atoms with van der Waals surface area (Å²) >= 11 is 0. The average molecular weight is 312 g/mol. The molecule has 0 spiro atoms. The first kappa shape index (κ1) is 18.6. The fourth-order valence-corrected chi connectivity index (χ4v) is 2.51. The van der Waals surface area contributed by atoms with Crippen molar-refractivity contribution in [2.75, 3.05) is 26.8 Å². The van der Waals surface area contributed by atoms with Gasteiger partial charge in [-0.2, -0.15) is 0 Å². The van der Waals surface area contributed by atoms with E-state index in [1.54, 1.807) is 11.9 Å². The molecule has 1 aliphatic rings. The van der Waals surface area contributed by atoms with E-state index in [0.717, 1.165) is 32.3 Å². The fraction of sp³-hybridized carbons (Fsp3) is 0.933. The van der Waals surface area contributed by atoms with Crippen molar-refractivity contribution in [3.05, 3.63) is 10.4 Å². The molecule has 0 bridgehead atoms. The highest BCUT2D eigenvalue weighted by molar-refractivity contribution is 5.68. The zero-order valence-electron chi connectivity index (χ0n) is 14.1. The van der Waals surface area contributed by atoms with Crippen LogP contribution in [0.3, 0.4) is 0 Å². The maximum atomic E-state index is 12.2. The van der Waals surface area contributed by atoms with Crippen LogP contribution in [-0.2, 0) is 9.47 Å². The van der Waals surface area contributed by atoms with Gasteiger partial charge in [-0.1, -0.05) is 11.5 Å². The molecule has 1 rings (SSSR count). The monoisotopic (exact) mass is 312 g/mol. The molecule has 0 saturated carbocycles. The molecule has 0 aromatic rings. The maximum absolute atomic E-state index is 12.2. The van der Waals surface area contributed by atoms with E-state index in [2.05, 4.69) is 10.0 Å². The number of hydrogen-bond donors (Lipinski definition) is 0. The third kappa shape index (κ3) is 7.00. The predicted octanol–water partition coefficient (Wildman–Crippen LogP) is 3.74. The van der Waals surface area contributed by atoms with Crippen molar-refractivity contribution in [3.63, 3.8) is 0 Å². The highest BCUT2D eigenvalue weighted by Gasteiger charge is 2.27. The topological polar surface area (TPSA) is 87.5 Å². The number of hydrogen-bond acceptors (Lipinski definition) is 4. The summed E-state index contributed by atoms with van der Waals surface area (Å²) in [6.07, 6.45) is 3.67. The Hall–Kier alpha value is -1.46. The van der Waals surface area contributed by atoms with Gasteiger partial charge in [0.05, 0.1) is 0 Å². The average Bonchev–Trinajstić information content (AvgIpc) is 2.69. The van der Waals surface area contributed by atoms with Crippen molar-refractivity contribution in [2.24, 2.45) is 11.0 Å². The number of azide groups is 1. The summed E-state index contributed by atoms with van der Waals surface area (Å²) in [4.78, 5) is 16.6. The van der Waals surface area contributed by atoms with Crippen LogP contribution < -0.4 is 0 Å². The summed E-state index contributed by atoms with van der Waals surface area (Å²) in [6, 6.07) is -0.169. The zero-order chi connectivity index (χ0) is 16.6. The van der Waals surface area contributed by atoms with Gasteiger partial charge in [0, 0.05) is 37.8 Å². The van der Waals surface area contributed by atoms with Crippen molar-refractivity contribution < 1.29 is 14.3 Å². The Labute approximate surface area is 132 Å². The molecule has 126 valence electrons.